The van der Waals surface area contributed by atoms with Gasteiger partial charge in [0.25, 0.3) is 0 Å². The lowest BCUT2D eigenvalue weighted by molar-refractivity contribution is -0.130. The first-order valence-electron chi connectivity index (χ1n) is 5.69. The second-order valence-corrected chi connectivity index (χ2v) is 4.01. The van der Waals surface area contributed by atoms with Crippen molar-refractivity contribution in [2.45, 2.75) is 12.8 Å². The lowest BCUT2D eigenvalue weighted by atomic mass is 10.2. The van der Waals surface area contributed by atoms with Crippen molar-refractivity contribution in [2.24, 2.45) is 0 Å². The van der Waals surface area contributed by atoms with E-state index in [1.54, 1.807) is 17.3 Å². The zero-order chi connectivity index (χ0) is 12.1. The van der Waals surface area contributed by atoms with Crippen LogP contribution in [-0.2, 0) is 16.0 Å². The summed E-state index contributed by atoms with van der Waals surface area (Å²) in [4.78, 5) is 28.8. The molecule has 90 valence electrons. The van der Waals surface area contributed by atoms with E-state index < -0.39 is 0 Å². The molecular weight excluding hydrogens is 218 g/mol. The smallest absolute Gasteiger partial charge is 0.227 e. The number of hydrogen-bond donors (Lipinski definition) is 1. The van der Waals surface area contributed by atoms with Gasteiger partial charge in [-0.1, -0.05) is 0 Å². The quantitative estimate of drug-likeness (QED) is 0.780. The zero-order valence-corrected chi connectivity index (χ0v) is 9.56. The maximum absolute atomic E-state index is 12.0. The fourth-order valence-electron chi connectivity index (χ4n) is 1.80. The van der Waals surface area contributed by atoms with Crippen LogP contribution < -0.4 is 5.32 Å². The monoisotopic (exact) mass is 233 g/mol. The van der Waals surface area contributed by atoms with Crippen LogP contribution in [0.15, 0.2) is 24.5 Å². The topological polar surface area (TPSA) is 62.3 Å². The van der Waals surface area contributed by atoms with Gasteiger partial charge in [-0.3, -0.25) is 14.6 Å². The molecule has 5 heteroatoms. The maximum atomic E-state index is 12.0. The third kappa shape index (κ3) is 3.27. The van der Waals surface area contributed by atoms with Crippen LogP contribution in [0.1, 0.15) is 12.0 Å². The van der Waals surface area contributed by atoms with Crippen molar-refractivity contribution in [2.75, 3.05) is 19.6 Å². The van der Waals surface area contributed by atoms with Crippen LogP contribution in [-0.4, -0.2) is 41.3 Å². The van der Waals surface area contributed by atoms with E-state index in [0.29, 0.717) is 32.5 Å². The molecule has 0 unspecified atom stereocenters. The average Bonchev–Trinajstić information content (AvgIpc) is 2.55. The molecule has 1 saturated heterocycles. The lowest BCUT2D eigenvalue weighted by Gasteiger charge is -2.19. The first-order valence-corrected chi connectivity index (χ1v) is 5.69. The van der Waals surface area contributed by atoms with Gasteiger partial charge in [-0.2, -0.15) is 0 Å². The van der Waals surface area contributed by atoms with E-state index in [9.17, 15) is 9.59 Å². The zero-order valence-electron chi connectivity index (χ0n) is 9.56. The van der Waals surface area contributed by atoms with Crippen molar-refractivity contribution < 1.29 is 9.59 Å². The lowest BCUT2D eigenvalue weighted by Crippen LogP contribution is -2.35. The van der Waals surface area contributed by atoms with Crippen LogP contribution in [0, 0.1) is 0 Å². The Morgan fingerprint density at radius 3 is 2.88 bits per heavy atom. The molecule has 1 aliphatic heterocycles. The van der Waals surface area contributed by atoms with Crippen LogP contribution in [0.4, 0.5) is 0 Å². The first-order chi connectivity index (χ1) is 8.25. The number of aromatic nitrogens is 1. The molecule has 1 aromatic rings. The molecule has 2 amide bonds. The van der Waals surface area contributed by atoms with Gasteiger partial charge in [0.05, 0.1) is 6.42 Å². The van der Waals surface area contributed by atoms with E-state index in [2.05, 4.69) is 10.3 Å². The highest BCUT2D eigenvalue weighted by molar-refractivity contribution is 5.81. The van der Waals surface area contributed by atoms with Crippen LogP contribution >= 0.6 is 0 Å². The molecular formula is C12H15N3O2. The summed E-state index contributed by atoms with van der Waals surface area (Å²) in [5.74, 6) is 0.0805. The van der Waals surface area contributed by atoms with Gasteiger partial charge in [0.1, 0.15) is 0 Å². The fourth-order valence-corrected chi connectivity index (χ4v) is 1.80. The predicted octanol–water partition coefficient (Wildman–Crippen LogP) is -0.0274. The minimum atomic E-state index is 0.0178. The molecule has 0 aliphatic carbocycles. The second-order valence-electron chi connectivity index (χ2n) is 4.01. The van der Waals surface area contributed by atoms with Crippen LogP contribution in [0.25, 0.3) is 0 Å². The standard InChI is InChI=1S/C12H15N3O2/c16-11-3-7-15(8-6-14-11)12(17)9-10-1-4-13-5-2-10/h1-2,4-5H,3,6-9H2,(H,14,16). The number of pyridine rings is 1. The van der Waals surface area contributed by atoms with E-state index in [4.69, 9.17) is 0 Å². The van der Waals surface area contributed by atoms with Gasteiger partial charge in [-0.05, 0) is 17.7 Å². The molecule has 0 radical (unpaired) electrons. The summed E-state index contributed by atoms with van der Waals surface area (Å²) in [7, 11) is 0. The minimum Gasteiger partial charge on any atom is -0.354 e. The molecule has 1 N–H and O–H groups in total. The first kappa shape index (κ1) is 11.6. The van der Waals surface area contributed by atoms with Gasteiger partial charge in [0.15, 0.2) is 0 Å². The second kappa shape index (κ2) is 5.43. The molecule has 1 fully saturated rings. The number of hydrogen-bond acceptors (Lipinski definition) is 3. The number of nitrogens with zero attached hydrogens (tertiary/aromatic N) is 2. The molecule has 0 saturated carbocycles. The molecule has 0 bridgehead atoms. The summed E-state index contributed by atoms with van der Waals surface area (Å²) < 4.78 is 0. The SMILES string of the molecule is O=C1CCN(C(=O)Cc2ccncc2)CCN1. The third-order valence-electron chi connectivity index (χ3n) is 2.77. The molecule has 2 rings (SSSR count). The summed E-state index contributed by atoms with van der Waals surface area (Å²) in [6.45, 7) is 1.65. The molecule has 5 nitrogen and oxygen atoms in total. The highest BCUT2D eigenvalue weighted by Crippen LogP contribution is 2.04. The van der Waals surface area contributed by atoms with E-state index in [-0.39, 0.29) is 11.8 Å². The summed E-state index contributed by atoms with van der Waals surface area (Å²) in [5, 5.41) is 2.75. The van der Waals surface area contributed by atoms with E-state index in [1.165, 1.54) is 0 Å². The van der Waals surface area contributed by atoms with E-state index >= 15 is 0 Å². The maximum Gasteiger partial charge on any atom is 0.227 e. The molecule has 0 atom stereocenters. The Balaban J connectivity index is 1.93. The predicted molar refractivity (Wildman–Crippen MR) is 62.1 cm³/mol. The normalized spacial score (nSPS) is 16.2. The van der Waals surface area contributed by atoms with Crippen molar-refractivity contribution in [3.8, 4) is 0 Å². The number of rotatable bonds is 2. The molecule has 1 aromatic heterocycles. The third-order valence-corrected chi connectivity index (χ3v) is 2.77. The van der Waals surface area contributed by atoms with E-state index in [1.807, 2.05) is 12.1 Å². The van der Waals surface area contributed by atoms with Gasteiger partial charge in [0, 0.05) is 38.4 Å². The van der Waals surface area contributed by atoms with Crippen molar-refractivity contribution in [3.05, 3.63) is 30.1 Å². The van der Waals surface area contributed by atoms with Gasteiger partial charge < -0.3 is 10.2 Å². The van der Waals surface area contributed by atoms with Crippen molar-refractivity contribution in [1.82, 2.24) is 15.2 Å². The molecule has 1 aliphatic rings. The number of amides is 2. The minimum absolute atomic E-state index is 0.0178. The largest absolute Gasteiger partial charge is 0.354 e. The van der Waals surface area contributed by atoms with Crippen LogP contribution in [0.2, 0.25) is 0 Å². The van der Waals surface area contributed by atoms with Gasteiger partial charge in [-0.15, -0.1) is 0 Å². The van der Waals surface area contributed by atoms with E-state index in [0.717, 1.165) is 5.56 Å². The Hall–Kier alpha value is -1.91. The summed E-state index contributed by atoms with van der Waals surface area (Å²) in [5.41, 5.74) is 0.952. The molecule has 17 heavy (non-hydrogen) atoms. The van der Waals surface area contributed by atoms with Crippen molar-refractivity contribution in [1.29, 1.82) is 0 Å². The highest BCUT2D eigenvalue weighted by atomic mass is 16.2. The average molecular weight is 233 g/mol. The highest BCUT2D eigenvalue weighted by Gasteiger charge is 2.18. The fraction of sp³-hybridized carbons (Fsp3) is 0.417. The molecule has 0 aromatic carbocycles. The molecule has 2 heterocycles. The summed E-state index contributed by atoms with van der Waals surface area (Å²) in [6.07, 6.45) is 4.12. The van der Waals surface area contributed by atoms with Crippen molar-refractivity contribution >= 4 is 11.8 Å². The summed E-state index contributed by atoms with van der Waals surface area (Å²) >= 11 is 0. The Labute approximate surface area is 99.8 Å². The Kier molecular flexibility index (Phi) is 3.69. The van der Waals surface area contributed by atoms with Gasteiger partial charge in [-0.25, -0.2) is 0 Å². The Morgan fingerprint density at radius 1 is 1.35 bits per heavy atom. The number of carbonyl (C=O) groups is 2. The number of carbonyl (C=O) groups excluding carboxylic acids is 2. The Bertz CT molecular complexity index is 405. The van der Waals surface area contributed by atoms with Crippen LogP contribution in [0.5, 0.6) is 0 Å². The van der Waals surface area contributed by atoms with Crippen LogP contribution in [0.3, 0.4) is 0 Å². The number of nitrogens with one attached hydrogen (secondary N) is 1. The Morgan fingerprint density at radius 2 is 2.12 bits per heavy atom. The molecule has 0 spiro atoms. The van der Waals surface area contributed by atoms with Gasteiger partial charge >= 0.3 is 0 Å². The van der Waals surface area contributed by atoms with Crippen molar-refractivity contribution in [3.63, 3.8) is 0 Å². The summed E-state index contributed by atoms with van der Waals surface area (Å²) in [6, 6.07) is 3.66. The van der Waals surface area contributed by atoms with Gasteiger partial charge in [0.2, 0.25) is 11.8 Å².